The van der Waals surface area contributed by atoms with Gasteiger partial charge in [0.25, 0.3) is 5.91 Å². The fraction of sp³-hybridized carbons (Fsp3) is 0.160. The lowest BCUT2D eigenvalue weighted by atomic mass is 10.1. The number of aromatic carboxylic acids is 1. The van der Waals surface area contributed by atoms with Crippen LogP contribution in [0.25, 0.3) is 0 Å². The quantitative estimate of drug-likeness (QED) is 0.422. The summed E-state index contributed by atoms with van der Waals surface area (Å²) in [6.45, 7) is 5.81. The van der Waals surface area contributed by atoms with Crippen LogP contribution in [0.5, 0.6) is 0 Å². The van der Waals surface area contributed by atoms with Gasteiger partial charge in [0.2, 0.25) is 5.91 Å². The molecule has 3 aromatic rings. The molecule has 3 rings (SSSR count). The van der Waals surface area contributed by atoms with Crippen LogP contribution in [0.3, 0.4) is 0 Å². The van der Waals surface area contributed by atoms with Crippen molar-refractivity contribution >= 4 is 40.9 Å². The third-order valence-electron chi connectivity index (χ3n) is 4.69. The standard InChI is InChI=1S/C25H24N2O4S/c1-15-12-16(2)14-19(13-15)27-23(28)17(3)32-20-10-8-18(9-11-20)26-24(29)21-6-4-5-7-22(21)25(30)31/h4-14,17H,1-3H3,(H,26,29)(H,27,28)(H,30,31). The average Bonchev–Trinajstić information content (AvgIpc) is 2.74. The van der Waals surface area contributed by atoms with Crippen LogP contribution < -0.4 is 10.6 Å². The summed E-state index contributed by atoms with van der Waals surface area (Å²) in [6, 6.07) is 19.0. The largest absolute Gasteiger partial charge is 0.478 e. The number of anilines is 2. The van der Waals surface area contributed by atoms with Gasteiger partial charge in [-0.15, -0.1) is 11.8 Å². The number of benzene rings is 3. The molecule has 0 fully saturated rings. The second-order valence-electron chi connectivity index (χ2n) is 7.45. The van der Waals surface area contributed by atoms with E-state index in [4.69, 9.17) is 0 Å². The molecule has 1 unspecified atom stereocenters. The van der Waals surface area contributed by atoms with E-state index in [0.717, 1.165) is 21.7 Å². The van der Waals surface area contributed by atoms with Crippen molar-refractivity contribution in [3.05, 3.63) is 89.0 Å². The second-order valence-corrected chi connectivity index (χ2v) is 8.87. The first-order chi connectivity index (χ1) is 15.2. The summed E-state index contributed by atoms with van der Waals surface area (Å²) in [5.74, 6) is -1.75. The number of carbonyl (C=O) groups excluding carboxylic acids is 2. The SMILES string of the molecule is Cc1cc(C)cc(NC(=O)C(C)Sc2ccc(NC(=O)c3ccccc3C(=O)O)cc2)c1. The molecule has 2 amide bonds. The van der Waals surface area contributed by atoms with Crippen molar-refractivity contribution in [3.63, 3.8) is 0 Å². The summed E-state index contributed by atoms with van der Waals surface area (Å²) in [5.41, 5.74) is 3.52. The number of carboxylic acid groups (broad SMARTS) is 1. The maximum absolute atomic E-state index is 12.6. The van der Waals surface area contributed by atoms with Gasteiger partial charge in [0.15, 0.2) is 0 Å². The minimum absolute atomic E-state index is 0.0548. The summed E-state index contributed by atoms with van der Waals surface area (Å²) in [7, 11) is 0. The maximum Gasteiger partial charge on any atom is 0.336 e. The van der Waals surface area contributed by atoms with Gasteiger partial charge in [-0.05, 0) is 80.4 Å². The molecule has 0 aliphatic rings. The van der Waals surface area contributed by atoms with Gasteiger partial charge in [-0.2, -0.15) is 0 Å². The fourth-order valence-corrected chi connectivity index (χ4v) is 4.10. The van der Waals surface area contributed by atoms with Crippen LogP contribution in [0.15, 0.2) is 71.6 Å². The van der Waals surface area contributed by atoms with Crippen LogP contribution in [0.2, 0.25) is 0 Å². The van der Waals surface area contributed by atoms with E-state index in [9.17, 15) is 19.5 Å². The van der Waals surface area contributed by atoms with Crippen LogP contribution in [0.1, 0.15) is 38.8 Å². The van der Waals surface area contributed by atoms with E-state index in [0.29, 0.717) is 5.69 Å². The number of carbonyl (C=O) groups is 3. The number of nitrogens with one attached hydrogen (secondary N) is 2. The van der Waals surface area contributed by atoms with Gasteiger partial charge in [-0.3, -0.25) is 9.59 Å². The lowest BCUT2D eigenvalue weighted by molar-refractivity contribution is -0.115. The predicted molar refractivity (Wildman–Crippen MR) is 128 cm³/mol. The molecular weight excluding hydrogens is 424 g/mol. The molecular formula is C25H24N2O4S. The third kappa shape index (κ3) is 5.98. The van der Waals surface area contributed by atoms with Gasteiger partial charge >= 0.3 is 5.97 Å². The molecule has 0 saturated carbocycles. The van der Waals surface area contributed by atoms with Crippen LogP contribution in [-0.2, 0) is 4.79 Å². The molecule has 32 heavy (non-hydrogen) atoms. The number of carboxylic acids is 1. The van der Waals surface area contributed by atoms with E-state index in [1.54, 1.807) is 24.3 Å². The molecule has 0 aromatic heterocycles. The molecule has 6 nitrogen and oxygen atoms in total. The number of amides is 2. The zero-order valence-corrected chi connectivity index (χ0v) is 18.8. The van der Waals surface area contributed by atoms with Crippen LogP contribution in [0, 0.1) is 13.8 Å². The molecule has 0 spiro atoms. The minimum Gasteiger partial charge on any atom is -0.478 e. The zero-order valence-electron chi connectivity index (χ0n) is 18.0. The van der Waals surface area contributed by atoms with Gasteiger partial charge < -0.3 is 15.7 Å². The minimum atomic E-state index is -1.16. The Morgan fingerprint density at radius 3 is 2.00 bits per heavy atom. The zero-order chi connectivity index (χ0) is 23.3. The second kappa shape index (κ2) is 10.2. The summed E-state index contributed by atoms with van der Waals surface area (Å²) < 4.78 is 0. The normalized spacial score (nSPS) is 11.5. The first kappa shape index (κ1) is 23.1. The Hall–Kier alpha value is -3.58. The molecule has 164 valence electrons. The molecule has 0 radical (unpaired) electrons. The topological polar surface area (TPSA) is 95.5 Å². The van der Waals surface area contributed by atoms with Crippen molar-refractivity contribution in [2.75, 3.05) is 10.6 Å². The Bertz CT molecular complexity index is 1140. The van der Waals surface area contributed by atoms with Gasteiger partial charge in [-0.25, -0.2) is 4.79 Å². The Balaban J connectivity index is 1.61. The van der Waals surface area contributed by atoms with Gasteiger partial charge in [0.1, 0.15) is 0 Å². The van der Waals surface area contributed by atoms with Crippen molar-refractivity contribution < 1.29 is 19.5 Å². The van der Waals surface area contributed by atoms with Crippen LogP contribution >= 0.6 is 11.8 Å². The van der Waals surface area contributed by atoms with Crippen LogP contribution in [-0.4, -0.2) is 28.1 Å². The Morgan fingerprint density at radius 1 is 0.812 bits per heavy atom. The lowest BCUT2D eigenvalue weighted by Crippen LogP contribution is -2.22. The van der Waals surface area contributed by atoms with Gasteiger partial charge in [-0.1, -0.05) is 18.2 Å². The molecule has 0 bridgehead atoms. The molecule has 0 aliphatic heterocycles. The molecule has 3 aromatic carbocycles. The van der Waals surface area contributed by atoms with Crippen molar-refractivity contribution in [2.45, 2.75) is 30.9 Å². The van der Waals surface area contributed by atoms with Gasteiger partial charge in [0.05, 0.1) is 16.4 Å². The smallest absolute Gasteiger partial charge is 0.336 e. The number of rotatable bonds is 7. The van der Waals surface area contributed by atoms with Crippen LogP contribution in [0.4, 0.5) is 11.4 Å². The first-order valence-electron chi connectivity index (χ1n) is 10.0. The average molecular weight is 449 g/mol. The van der Waals surface area contributed by atoms with Crippen molar-refractivity contribution in [2.24, 2.45) is 0 Å². The number of thioether (sulfide) groups is 1. The molecule has 1 atom stereocenters. The summed E-state index contributed by atoms with van der Waals surface area (Å²) in [4.78, 5) is 37.2. The maximum atomic E-state index is 12.6. The van der Waals surface area contributed by atoms with Crippen molar-refractivity contribution in [1.82, 2.24) is 0 Å². The lowest BCUT2D eigenvalue weighted by Gasteiger charge is -2.13. The van der Waals surface area contributed by atoms with E-state index >= 15 is 0 Å². The predicted octanol–water partition coefficient (Wildman–Crippen LogP) is 5.37. The highest BCUT2D eigenvalue weighted by Gasteiger charge is 2.17. The Morgan fingerprint density at radius 2 is 1.41 bits per heavy atom. The van der Waals surface area contributed by atoms with Crippen molar-refractivity contribution in [1.29, 1.82) is 0 Å². The Kier molecular flexibility index (Phi) is 7.33. The summed E-state index contributed by atoms with van der Waals surface area (Å²) in [6.07, 6.45) is 0. The fourth-order valence-electron chi connectivity index (χ4n) is 3.23. The summed E-state index contributed by atoms with van der Waals surface area (Å²) in [5, 5.41) is 14.6. The van der Waals surface area contributed by atoms with E-state index in [1.807, 2.05) is 45.0 Å². The number of hydrogen-bond donors (Lipinski definition) is 3. The van der Waals surface area contributed by atoms with E-state index in [1.165, 1.54) is 23.9 Å². The molecule has 0 aliphatic carbocycles. The number of hydrogen-bond acceptors (Lipinski definition) is 4. The highest BCUT2D eigenvalue weighted by Crippen LogP contribution is 2.26. The number of aryl methyl sites for hydroxylation is 2. The molecule has 0 heterocycles. The van der Waals surface area contributed by atoms with Crippen molar-refractivity contribution in [3.8, 4) is 0 Å². The molecule has 7 heteroatoms. The first-order valence-corrected chi connectivity index (χ1v) is 10.9. The van der Waals surface area contributed by atoms with E-state index < -0.39 is 11.9 Å². The molecule has 3 N–H and O–H groups in total. The van der Waals surface area contributed by atoms with Gasteiger partial charge in [0, 0.05) is 16.3 Å². The highest BCUT2D eigenvalue weighted by atomic mass is 32.2. The highest BCUT2D eigenvalue weighted by molar-refractivity contribution is 8.00. The summed E-state index contributed by atoms with van der Waals surface area (Å²) >= 11 is 1.41. The molecule has 0 saturated heterocycles. The van der Waals surface area contributed by atoms with E-state index in [-0.39, 0.29) is 22.3 Å². The Labute approximate surface area is 191 Å². The van der Waals surface area contributed by atoms with E-state index in [2.05, 4.69) is 16.7 Å². The monoisotopic (exact) mass is 448 g/mol. The third-order valence-corrected chi connectivity index (χ3v) is 5.80.